The summed E-state index contributed by atoms with van der Waals surface area (Å²) >= 11 is 1.58. The highest BCUT2D eigenvalue weighted by molar-refractivity contribution is 7.99. The van der Waals surface area contributed by atoms with E-state index in [1.165, 1.54) is 5.56 Å². The van der Waals surface area contributed by atoms with Crippen LogP contribution in [0.3, 0.4) is 0 Å². The van der Waals surface area contributed by atoms with E-state index in [9.17, 15) is 4.79 Å². The van der Waals surface area contributed by atoms with Crippen molar-refractivity contribution in [3.8, 4) is 0 Å². The maximum Gasteiger partial charge on any atom is 0.172 e. The minimum atomic E-state index is 0.184. The predicted molar refractivity (Wildman–Crippen MR) is 75.1 cm³/mol. The van der Waals surface area contributed by atoms with Gasteiger partial charge in [0.15, 0.2) is 5.78 Å². The van der Waals surface area contributed by atoms with Crippen LogP contribution in [0.1, 0.15) is 27.2 Å². The van der Waals surface area contributed by atoms with Crippen molar-refractivity contribution in [1.29, 1.82) is 0 Å². The average molecular weight is 260 g/mol. The number of carbonyl (C=O) groups excluding carboxylic acids is 1. The monoisotopic (exact) mass is 260 g/mol. The molecule has 0 saturated heterocycles. The molecule has 0 fully saturated rings. The van der Waals surface area contributed by atoms with Gasteiger partial charge in [-0.1, -0.05) is 23.8 Å². The van der Waals surface area contributed by atoms with Gasteiger partial charge in [0.2, 0.25) is 0 Å². The molecule has 0 bridgehead atoms. The highest BCUT2D eigenvalue weighted by atomic mass is 32.2. The van der Waals surface area contributed by atoms with Crippen molar-refractivity contribution < 1.29 is 9.21 Å². The van der Waals surface area contributed by atoms with Gasteiger partial charge in [-0.05, 0) is 31.5 Å². The molecular formula is C15H16O2S. The number of Topliss-reactive ketones (excluding diaryl/α,β-unsaturated/α-hetero) is 1. The van der Waals surface area contributed by atoms with Crippen molar-refractivity contribution in [2.45, 2.75) is 19.6 Å². The van der Waals surface area contributed by atoms with E-state index >= 15 is 0 Å². The maximum atomic E-state index is 12.1. The number of ketones is 1. The van der Waals surface area contributed by atoms with Crippen LogP contribution in [-0.2, 0) is 5.75 Å². The van der Waals surface area contributed by atoms with Crippen molar-refractivity contribution in [3.63, 3.8) is 0 Å². The molecule has 94 valence electrons. The van der Waals surface area contributed by atoms with E-state index in [2.05, 4.69) is 0 Å². The van der Waals surface area contributed by atoms with Crippen LogP contribution in [0.15, 0.2) is 41.0 Å². The SMILES string of the molecule is Cc1ccc(C(=O)CSCc2ccco2)c(C)c1. The molecule has 1 aromatic heterocycles. The molecule has 0 N–H and O–H groups in total. The van der Waals surface area contributed by atoms with E-state index in [1.54, 1.807) is 18.0 Å². The van der Waals surface area contributed by atoms with Crippen molar-refractivity contribution in [2.24, 2.45) is 0 Å². The Bertz CT molecular complexity index is 529. The third kappa shape index (κ3) is 3.26. The second-order valence-electron chi connectivity index (χ2n) is 4.31. The van der Waals surface area contributed by atoms with E-state index < -0.39 is 0 Å². The summed E-state index contributed by atoms with van der Waals surface area (Å²) in [6.45, 7) is 4.02. The Morgan fingerprint density at radius 1 is 1.28 bits per heavy atom. The van der Waals surface area contributed by atoms with E-state index in [0.717, 1.165) is 22.6 Å². The lowest BCUT2D eigenvalue weighted by atomic mass is 10.0. The molecule has 2 aromatic rings. The molecule has 0 aliphatic rings. The van der Waals surface area contributed by atoms with Gasteiger partial charge in [0.1, 0.15) is 5.76 Å². The maximum absolute atomic E-state index is 12.1. The Kier molecular flexibility index (Phi) is 4.26. The number of rotatable bonds is 5. The molecule has 0 aliphatic carbocycles. The molecule has 0 atom stereocenters. The zero-order chi connectivity index (χ0) is 13.0. The van der Waals surface area contributed by atoms with Crippen LogP contribution in [0.2, 0.25) is 0 Å². The average Bonchev–Trinajstić information content (AvgIpc) is 2.81. The van der Waals surface area contributed by atoms with Gasteiger partial charge < -0.3 is 4.42 Å². The lowest BCUT2D eigenvalue weighted by Crippen LogP contribution is -2.05. The van der Waals surface area contributed by atoms with E-state index in [1.807, 2.05) is 44.2 Å². The van der Waals surface area contributed by atoms with Crippen LogP contribution in [0.4, 0.5) is 0 Å². The quantitative estimate of drug-likeness (QED) is 0.761. The summed E-state index contributed by atoms with van der Waals surface area (Å²) in [4.78, 5) is 12.1. The Morgan fingerprint density at radius 3 is 2.78 bits per heavy atom. The Hall–Kier alpha value is -1.48. The summed E-state index contributed by atoms with van der Waals surface area (Å²) in [7, 11) is 0. The number of benzene rings is 1. The standard InChI is InChI=1S/C15H16O2S/c1-11-5-6-14(12(2)8-11)15(16)10-18-9-13-4-3-7-17-13/h3-8H,9-10H2,1-2H3. The second-order valence-corrected chi connectivity index (χ2v) is 5.30. The van der Waals surface area contributed by atoms with E-state index in [4.69, 9.17) is 4.42 Å². The fourth-order valence-corrected chi connectivity index (χ4v) is 2.65. The molecular weight excluding hydrogens is 244 g/mol. The molecule has 18 heavy (non-hydrogen) atoms. The summed E-state index contributed by atoms with van der Waals surface area (Å²) in [5.41, 5.74) is 3.07. The molecule has 3 heteroatoms. The fraction of sp³-hybridized carbons (Fsp3) is 0.267. The van der Waals surface area contributed by atoms with Crippen LogP contribution >= 0.6 is 11.8 Å². The number of aryl methyl sites for hydroxylation is 2. The molecule has 0 spiro atoms. The van der Waals surface area contributed by atoms with Crippen LogP contribution < -0.4 is 0 Å². The van der Waals surface area contributed by atoms with Crippen molar-refractivity contribution in [2.75, 3.05) is 5.75 Å². The number of hydrogen-bond donors (Lipinski definition) is 0. The van der Waals surface area contributed by atoms with Gasteiger partial charge in [-0.15, -0.1) is 11.8 Å². The molecule has 0 radical (unpaired) electrons. The van der Waals surface area contributed by atoms with Crippen molar-refractivity contribution in [3.05, 3.63) is 59.0 Å². The van der Waals surface area contributed by atoms with Gasteiger partial charge >= 0.3 is 0 Å². The first-order valence-electron chi connectivity index (χ1n) is 5.87. The van der Waals surface area contributed by atoms with Crippen LogP contribution in [0.25, 0.3) is 0 Å². The number of thioether (sulfide) groups is 1. The van der Waals surface area contributed by atoms with Gasteiger partial charge in [0.25, 0.3) is 0 Å². The summed E-state index contributed by atoms with van der Waals surface area (Å²) in [5, 5.41) is 0. The summed E-state index contributed by atoms with van der Waals surface area (Å²) < 4.78 is 5.23. The summed E-state index contributed by atoms with van der Waals surface area (Å²) in [6, 6.07) is 9.73. The highest BCUT2D eigenvalue weighted by Crippen LogP contribution is 2.17. The third-order valence-electron chi connectivity index (χ3n) is 2.74. The van der Waals surface area contributed by atoms with Crippen LogP contribution in [0.5, 0.6) is 0 Å². The molecule has 0 aliphatic heterocycles. The Balaban J connectivity index is 1.91. The molecule has 2 nitrogen and oxygen atoms in total. The lowest BCUT2D eigenvalue weighted by molar-refractivity contribution is 0.102. The second kappa shape index (κ2) is 5.91. The zero-order valence-corrected chi connectivity index (χ0v) is 11.4. The van der Waals surface area contributed by atoms with Crippen molar-refractivity contribution in [1.82, 2.24) is 0 Å². The molecule has 0 unspecified atom stereocenters. The normalized spacial score (nSPS) is 10.6. The van der Waals surface area contributed by atoms with Crippen LogP contribution in [-0.4, -0.2) is 11.5 Å². The van der Waals surface area contributed by atoms with Gasteiger partial charge in [-0.3, -0.25) is 4.79 Å². The topological polar surface area (TPSA) is 30.2 Å². The smallest absolute Gasteiger partial charge is 0.172 e. The van der Waals surface area contributed by atoms with E-state index in [-0.39, 0.29) is 5.78 Å². The van der Waals surface area contributed by atoms with Gasteiger partial charge in [-0.25, -0.2) is 0 Å². The molecule has 1 aromatic carbocycles. The molecule has 1 heterocycles. The minimum absolute atomic E-state index is 0.184. The summed E-state index contributed by atoms with van der Waals surface area (Å²) in [5.74, 6) is 2.33. The fourth-order valence-electron chi connectivity index (χ4n) is 1.84. The first-order valence-corrected chi connectivity index (χ1v) is 7.03. The largest absolute Gasteiger partial charge is 0.468 e. The van der Waals surface area contributed by atoms with Crippen LogP contribution in [0, 0.1) is 13.8 Å². The van der Waals surface area contributed by atoms with Gasteiger partial charge in [-0.2, -0.15) is 0 Å². The molecule has 2 rings (SSSR count). The third-order valence-corrected chi connectivity index (χ3v) is 3.69. The first-order chi connectivity index (χ1) is 8.66. The van der Waals surface area contributed by atoms with Gasteiger partial charge in [0.05, 0.1) is 17.8 Å². The zero-order valence-electron chi connectivity index (χ0n) is 10.6. The predicted octanol–water partition coefficient (Wildman–Crippen LogP) is 4.01. The number of carbonyl (C=O) groups is 1. The molecule has 0 saturated carbocycles. The van der Waals surface area contributed by atoms with Gasteiger partial charge in [0, 0.05) is 5.56 Å². The number of hydrogen-bond acceptors (Lipinski definition) is 3. The highest BCUT2D eigenvalue weighted by Gasteiger charge is 2.09. The lowest BCUT2D eigenvalue weighted by Gasteiger charge is -2.05. The minimum Gasteiger partial charge on any atom is -0.468 e. The van der Waals surface area contributed by atoms with E-state index in [0.29, 0.717) is 5.75 Å². The summed E-state index contributed by atoms with van der Waals surface area (Å²) in [6.07, 6.45) is 1.65. The first kappa shape index (κ1) is 13.0. The Labute approximate surface area is 111 Å². The molecule has 0 amide bonds. The number of furan rings is 1. The van der Waals surface area contributed by atoms with Crippen molar-refractivity contribution >= 4 is 17.5 Å². The Morgan fingerprint density at radius 2 is 2.11 bits per heavy atom.